The van der Waals surface area contributed by atoms with Crippen molar-refractivity contribution < 1.29 is 9.90 Å². The van der Waals surface area contributed by atoms with Crippen LogP contribution in [0.15, 0.2) is 48.5 Å². The lowest BCUT2D eigenvalue weighted by Crippen LogP contribution is -2.40. The van der Waals surface area contributed by atoms with Crippen LogP contribution < -0.4 is 5.32 Å². The largest absolute Gasteiger partial charge is 0.479 e. The Morgan fingerprint density at radius 2 is 1.60 bits per heavy atom. The average Bonchev–Trinajstić information content (AvgIpc) is 2.41. The van der Waals surface area contributed by atoms with Crippen molar-refractivity contribution in [2.24, 2.45) is 0 Å². The summed E-state index contributed by atoms with van der Waals surface area (Å²) < 4.78 is 0. The number of carbonyl (C=O) groups is 1. The van der Waals surface area contributed by atoms with E-state index in [-0.39, 0.29) is 0 Å². The van der Waals surface area contributed by atoms with E-state index in [0.29, 0.717) is 21.3 Å². The number of carboxylic acid groups (broad SMARTS) is 1. The molecule has 1 atom stereocenters. The van der Waals surface area contributed by atoms with Crippen molar-refractivity contribution in [3.05, 3.63) is 64.1 Å². The van der Waals surface area contributed by atoms with Gasteiger partial charge in [-0.05, 0) is 25.1 Å². The molecule has 0 amide bonds. The highest BCUT2D eigenvalue weighted by Crippen LogP contribution is 2.34. The molecule has 0 spiro atoms. The molecule has 5 heteroatoms. The van der Waals surface area contributed by atoms with Gasteiger partial charge in [0.15, 0.2) is 5.54 Å². The predicted molar refractivity (Wildman–Crippen MR) is 81.5 cm³/mol. The number of hydrogen-bond donors (Lipinski definition) is 2. The number of halogens is 2. The summed E-state index contributed by atoms with van der Waals surface area (Å²) in [6.07, 6.45) is 0. The van der Waals surface area contributed by atoms with Gasteiger partial charge < -0.3 is 10.4 Å². The molecule has 2 aromatic carbocycles. The van der Waals surface area contributed by atoms with Crippen molar-refractivity contribution in [2.75, 3.05) is 5.32 Å². The molecular formula is C15H13Cl2NO2. The van der Waals surface area contributed by atoms with Gasteiger partial charge in [0.05, 0.1) is 10.7 Å². The average molecular weight is 310 g/mol. The molecule has 104 valence electrons. The van der Waals surface area contributed by atoms with Crippen LogP contribution in [0.4, 0.5) is 5.69 Å². The van der Waals surface area contributed by atoms with E-state index < -0.39 is 11.5 Å². The third-order valence-electron chi connectivity index (χ3n) is 3.10. The Hall–Kier alpha value is -1.71. The standard InChI is InChI=1S/C15H13Cl2NO2/c1-15(14(19)20,10-6-2-3-7-11(10)16)18-13-9-5-4-8-12(13)17/h2-9,18H,1H3,(H,19,20). The van der Waals surface area contributed by atoms with Crippen LogP contribution in [0.5, 0.6) is 0 Å². The Balaban J connectivity index is 2.49. The zero-order chi connectivity index (χ0) is 14.8. The van der Waals surface area contributed by atoms with Gasteiger partial charge in [-0.2, -0.15) is 0 Å². The van der Waals surface area contributed by atoms with Crippen LogP contribution in [-0.2, 0) is 10.3 Å². The van der Waals surface area contributed by atoms with Gasteiger partial charge in [-0.15, -0.1) is 0 Å². The molecule has 2 rings (SSSR count). The molecule has 0 heterocycles. The summed E-state index contributed by atoms with van der Waals surface area (Å²) in [4.78, 5) is 11.7. The zero-order valence-corrected chi connectivity index (χ0v) is 12.2. The van der Waals surface area contributed by atoms with Crippen molar-refractivity contribution in [2.45, 2.75) is 12.5 Å². The van der Waals surface area contributed by atoms with E-state index in [9.17, 15) is 9.90 Å². The van der Waals surface area contributed by atoms with Crippen molar-refractivity contribution in [1.82, 2.24) is 0 Å². The lowest BCUT2D eigenvalue weighted by Gasteiger charge is -2.29. The number of para-hydroxylation sites is 1. The van der Waals surface area contributed by atoms with Gasteiger partial charge in [-0.3, -0.25) is 0 Å². The lowest BCUT2D eigenvalue weighted by atomic mass is 9.91. The number of rotatable bonds is 4. The Kier molecular flexibility index (Phi) is 4.21. The fraction of sp³-hybridized carbons (Fsp3) is 0.133. The molecule has 0 aliphatic carbocycles. The third-order valence-corrected chi connectivity index (χ3v) is 3.76. The molecule has 0 fully saturated rings. The van der Waals surface area contributed by atoms with Crippen LogP contribution in [0.1, 0.15) is 12.5 Å². The molecule has 1 unspecified atom stereocenters. The van der Waals surface area contributed by atoms with Crippen molar-refractivity contribution in [3.8, 4) is 0 Å². The molecule has 0 bridgehead atoms. The molecule has 2 N–H and O–H groups in total. The summed E-state index contributed by atoms with van der Waals surface area (Å²) in [5.74, 6) is -1.04. The number of aliphatic carboxylic acids is 1. The number of benzene rings is 2. The van der Waals surface area contributed by atoms with Crippen LogP contribution in [0, 0.1) is 0 Å². The first-order valence-corrected chi connectivity index (χ1v) is 6.72. The fourth-order valence-electron chi connectivity index (χ4n) is 1.93. The highest BCUT2D eigenvalue weighted by molar-refractivity contribution is 6.33. The van der Waals surface area contributed by atoms with Crippen molar-refractivity contribution in [1.29, 1.82) is 0 Å². The monoisotopic (exact) mass is 309 g/mol. The molecule has 0 saturated carbocycles. The van der Waals surface area contributed by atoms with E-state index in [4.69, 9.17) is 23.2 Å². The second kappa shape index (κ2) is 5.73. The van der Waals surface area contributed by atoms with Gasteiger partial charge in [0.25, 0.3) is 0 Å². The normalized spacial score (nSPS) is 13.6. The van der Waals surface area contributed by atoms with Crippen LogP contribution >= 0.6 is 23.2 Å². The topological polar surface area (TPSA) is 49.3 Å². The second-order valence-electron chi connectivity index (χ2n) is 4.51. The summed E-state index contributed by atoms with van der Waals surface area (Å²) >= 11 is 12.2. The highest BCUT2D eigenvalue weighted by atomic mass is 35.5. The third kappa shape index (κ3) is 2.74. The summed E-state index contributed by atoms with van der Waals surface area (Å²) in [7, 11) is 0. The molecule has 0 aliphatic rings. The second-order valence-corrected chi connectivity index (χ2v) is 5.33. The summed E-state index contributed by atoms with van der Waals surface area (Å²) in [5, 5.41) is 13.4. The summed E-state index contributed by atoms with van der Waals surface area (Å²) in [5.41, 5.74) is -0.350. The van der Waals surface area contributed by atoms with Gasteiger partial charge in [0, 0.05) is 10.6 Å². The van der Waals surface area contributed by atoms with Gasteiger partial charge >= 0.3 is 5.97 Å². The number of hydrogen-bond acceptors (Lipinski definition) is 2. The molecule has 20 heavy (non-hydrogen) atoms. The van der Waals surface area contributed by atoms with E-state index in [2.05, 4.69) is 5.32 Å². The minimum Gasteiger partial charge on any atom is -0.479 e. The van der Waals surface area contributed by atoms with Gasteiger partial charge in [0.2, 0.25) is 0 Å². The molecule has 0 aliphatic heterocycles. The van der Waals surface area contributed by atoms with E-state index >= 15 is 0 Å². The maximum Gasteiger partial charge on any atom is 0.333 e. The first-order chi connectivity index (χ1) is 9.45. The first kappa shape index (κ1) is 14.7. The SMILES string of the molecule is CC(Nc1ccccc1Cl)(C(=O)O)c1ccccc1Cl. The predicted octanol–water partition coefficient (Wildman–Crippen LogP) is 4.41. The molecule has 0 aromatic heterocycles. The van der Waals surface area contributed by atoms with Gasteiger partial charge in [-0.25, -0.2) is 4.79 Å². The maximum atomic E-state index is 11.7. The smallest absolute Gasteiger partial charge is 0.333 e. The van der Waals surface area contributed by atoms with E-state index in [1.807, 2.05) is 0 Å². The minimum atomic E-state index is -1.37. The van der Waals surface area contributed by atoms with Crippen LogP contribution in [-0.4, -0.2) is 11.1 Å². The summed E-state index contributed by atoms with van der Waals surface area (Å²) in [6, 6.07) is 13.8. The van der Waals surface area contributed by atoms with Crippen LogP contribution in [0.2, 0.25) is 10.0 Å². The quantitative estimate of drug-likeness (QED) is 0.879. The first-order valence-electron chi connectivity index (χ1n) is 5.96. The van der Waals surface area contributed by atoms with Crippen LogP contribution in [0.25, 0.3) is 0 Å². The maximum absolute atomic E-state index is 11.7. The molecule has 2 aromatic rings. The van der Waals surface area contributed by atoms with E-state index in [1.165, 1.54) is 0 Å². The highest BCUT2D eigenvalue weighted by Gasteiger charge is 2.37. The Morgan fingerprint density at radius 1 is 1.05 bits per heavy atom. The Morgan fingerprint density at radius 3 is 2.15 bits per heavy atom. The summed E-state index contributed by atoms with van der Waals surface area (Å²) in [6.45, 7) is 1.56. The van der Waals surface area contributed by atoms with Crippen molar-refractivity contribution in [3.63, 3.8) is 0 Å². The zero-order valence-electron chi connectivity index (χ0n) is 10.7. The van der Waals surface area contributed by atoms with Crippen LogP contribution in [0.3, 0.4) is 0 Å². The fourth-order valence-corrected chi connectivity index (χ4v) is 2.44. The Bertz CT molecular complexity index is 645. The van der Waals surface area contributed by atoms with Gasteiger partial charge in [-0.1, -0.05) is 53.5 Å². The molecular weight excluding hydrogens is 297 g/mol. The van der Waals surface area contributed by atoms with Crippen molar-refractivity contribution >= 4 is 34.9 Å². The molecule has 0 saturated heterocycles. The number of carboxylic acids is 1. The minimum absolute atomic E-state index is 0.386. The van der Waals surface area contributed by atoms with E-state index in [1.54, 1.807) is 55.5 Å². The van der Waals surface area contributed by atoms with E-state index in [0.717, 1.165) is 0 Å². The number of anilines is 1. The Labute approximate surface area is 127 Å². The number of nitrogens with one attached hydrogen (secondary N) is 1. The van der Waals surface area contributed by atoms with Gasteiger partial charge in [0.1, 0.15) is 0 Å². The molecule has 0 radical (unpaired) electrons. The molecule has 3 nitrogen and oxygen atoms in total. The lowest BCUT2D eigenvalue weighted by molar-refractivity contribution is -0.142.